The number of hydrogen-bond donors (Lipinski definition) is 1. The number of morpholine rings is 2. The van der Waals surface area contributed by atoms with Crippen LogP contribution in [0.2, 0.25) is 0 Å². The third-order valence-corrected chi connectivity index (χ3v) is 15.2. The van der Waals surface area contributed by atoms with Gasteiger partial charge in [0.1, 0.15) is 39.6 Å². The molecule has 14 heteroatoms. The van der Waals surface area contributed by atoms with Crippen molar-refractivity contribution >= 4 is 46.1 Å². The average Bonchev–Trinajstić information content (AvgIpc) is 3.67. The van der Waals surface area contributed by atoms with Gasteiger partial charge in [-0.25, -0.2) is 14.4 Å². The van der Waals surface area contributed by atoms with Crippen LogP contribution in [0.3, 0.4) is 0 Å². The molecule has 4 aliphatic heterocycles. The zero-order chi connectivity index (χ0) is 46.3. The molecule has 7 heterocycles. The smallest absolute Gasteiger partial charge is 0.135 e. The van der Waals surface area contributed by atoms with Gasteiger partial charge in [-0.3, -0.25) is 0 Å². The van der Waals surface area contributed by atoms with Crippen molar-refractivity contribution in [2.45, 2.75) is 139 Å². The Bertz CT molecular complexity index is 2690. The van der Waals surface area contributed by atoms with Crippen LogP contribution >= 0.6 is 23.5 Å². The summed E-state index contributed by atoms with van der Waals surface area (Å²) < 4.78 is 40.8. The lowest BCUT2D eigenvalue weighted by molar-refractivity contribution is -0.0540. The number of ether oxygens (including phenoxy) is 4. The van der Waals surface area contributed by atoms with Gasteiger partial charge in [-0.05, 0) is 107 Å². The van der Waals surface area contributed by atoms with Crippen LogP contribution in [0.15, 0.2) is 58.7 Å². The molecule has 0 aliphatic carbocycles. The largest absolute Gasteiger partial charge is 0.372 e. The van der Waals surface area contributed by atoms with E-state index >= 15 is 4.39 Å². The fraction of sp³-hybridized carbons (Fsp3) is 0.500. The Kier molecular flexibility index (Phi) is 13.5. The van der Waals surface area contributed by atoms with Crippen molar-refractivity contribution in [1.82, 2.24) is 15.0 Å². The molecule has 3 aromatic heterocycles. The number of H-pyrrole nitrogens is 1. The van der Waals surface area contributed by atoms with Gasteiger partial charge < -0.3 is 33.7 Å². The summed E-state index contributed by atoms with van der Waals surface area (Å²) in [6.45, 7) is 18.0. The summed E-state index contributed by atoms with van der Waals surface area (Å²) in [5.41, 5.74) is 8.07. The van der Waals surface area contributed by atoms with E-state index in [1.54, 1.807) is 35.7 Å². The number of halogens is 1. The number of aromatic nitrogens is 3. The third kappa shape index (κ3) is 9.96. The predicted molar refractivity (Wildman–Crippen MR) is 259 cm³/mol. The number of para-hydroxylation sites is 1. The van der Waals surface area contributed by atoms with Crippen molar-refractivity contribution in [3.63, 3.8) is 0 Å². The standard InChI is InChI=1S/C52H60FN7O4S2/c1-31-25-59(26-32(2)63-31)47-44-29-61-51(5,6)20-40(44)42(22-54)49(57-47)65-14-12-35-16-36(18-38(53)17-35)19-52(7)21-41-43(23-55)50(66-15-13-37-24-56-46-11-9-8-10-39(37)46)58-48(45(41)30-62-52)60-27-33(3)64-34(4)28-60/h8-11,16-18,24,31-34,56H,12-15,19-21,25-30H2,1-7H3. The molecule has 5 aromatic rings. The zero-order valence-electron chi connectivity index (χ0n) is 39.1. The van der Waals surface area contributed by atoms with E-state index in [2.05, 4.69) is 106 Å². The number of rotatable bonds is 12. The number of nitrogens with zero attached hydrogens (tertiary/aromatic N) is 6. The lowest BCUT2D eigenvalue weighted by atomic mass is 9.83. The maximum absolute atomic E-state index is 15.6. The molecule has 1 N–H and O–H groups in total. The van der Waals surface area contributed by atoms with Crippen LogP contribution in [-0.4, -0.2) is 88.3 Å². The van der Waals surface area contributed by atoms with Crippen molar-refractivity contribution in [2.24, 2.45) is 0 Å². The normalized spacial score (nSPS) is 23.8. The first-order valence-electron chi connectivity index (χ1n) is 23.3. The summed E-state index contributed by atoms with van der Waals surface area (Å²) >= 11 is 3.18. The monoisotopic (exact) mass is 929 g/mol. The van der Waals surface area contributed by atoms with Gasteiger partial charge >= 0.3 is 0 Å². The fourth-order valence-electron chi connectivity index (χ4n) is 10.4. The van der Waals surface area contributed by atoms with Crippen molar-refractivity contribution in [1.29, 1.82) is 10.5 Å². The molecule has 5 unspecified atom stereocenters. The van der Waals surface area contributed by atoms with Crippen molar-refractivity contribution in [3.05, 3.63) is 105 Å². The number of anilines is 2. The maximum atomic E-state index is 15.6. The fourth-order valence-corrected chi connectivity index (χ4v) is 12.4. The van der Waals surface area contributed by atoms with Gasteiger partial charge in [0.15, 0.2) is 0 Å². The Morgan fingerprint density at radius 3 is 1.88 bits per heavy atom. The van der Waals surface area contributed by atoms with Crippen LogP contribution in [0.25, 0.3) is 10.9 Å². The summed E-state index contributed by atoms with van der Waals surface area (Å²) in [5, 5.41) is 24.0. The van der Waals surface area contributed by atoms with Gasteiger partial charge in [-0.1, -0.05) is 24.3 Å². The number of thioether (sulfide) groups is 2. The minimum atomic E-state index is -0.703. The minimum absolute atomic E-state index is 0.0285. The molecule has 2 aromatic carbocycles. The van der Waals surface area contributed by atoms with Gasteiger partial charge in [-0.2, -0.15) is 10.5 Å². The van der Waals surface area contributed by atoms with Crippen LogP contribution < -0.4 is 9.80 Å². The van der Waals surface area contributed by atoms with E-state index < -0.39 is 11.2 Å². The number of aryl methyl sites for hydroxylation is 2. The van der Waals surface area contributed by atoms with E-state index in [1.165, 1.54) is 10.9 Å². The number of pyridine rings is 2. The summed E-state index contributed by atoms with van der Waals surface area (Å²) in [6, 6.07) is 18.7. The van der Waals surface area contributed by atoms with Crippen LogP contribution in [0.1, 0.15) is 98.5 Å². The Morgan fingerprint density at radius 2 is 1.27 bits per heavy atom. The summed E-state index contributed by atoms with van der Waals surface area (Å²) in [6.07, 6.45) is 5.20. The first-order chi connectivity index (χ1) is 31.7. The van der Waals surface area contributed by atoms with Crippen molar-refractivity contribution in [2.75, 3.05) is 47.5 Å². The summed E-state index contributed by atoms with van der Waals surface area (Å²) in [7, 11) is 0. The van der Waals surface area contributed by atoms with Crippen LogP contribution in [0, 0.1) is 28.5 Å². The highest BCUT2D eigenvalue weighted by Gasteiger charge is 2.39. The molecular weight excluding hydrogens is 870 g/mol. The number of aromatic amines is 1. The maximum Gasteiger partial charge on any atom is 0.135 e. The molecule has 2 fully saturated rings. The first-order valence-corrected chi connectivity index (χ1v) is 25.2. The Morgan fingerprint density at radius 1 is 0.727 bits per heavy atom. The first kappa shape index (κ1) is 46.4. The topological polar surface area (TPSA) is 133 Å². The minimum Gasteiger partial charge on any atom is -0.372 e. The average molecular weight is 930 g/mol. The molecule has 0 saturated carbocycles. The van der Waals surface area contributed by atoms with E-state index in [-0.39, 0.29) is 30.2 Å². The van der Waals surface area contributed by atoms with Gasteiger partial charge in [0.2, 0.25) is 0 Å². The molecule has 0 spiro atoms. The number of nitriles is 2. The van der Waals surface area contributed by atoms with Gasteiger partial charge in [-0.15, -0.1) is 23.5 Å². The molecule has 2 saturated heterocycles. The second kappa shape index (κ2) is 19.1. The second-order valence-electron chi connectivity index (χ2n) is 19.5. The molecule has 346 valence electrons. The molecule has 11 nitrogen and oxygen atoms in total. The lowest BCUT2D eigenvalue weighted by Crippen LogP contribution is -2.47. The Hall–Kier alpha value is -4.67. The highest BCUT2D eigenvalue weighted by atomic mass is 32.2. The molecule has 0 radical (unpaired) electrons. The number of nitrogens with one attached hydrogen (secondary N) is 1. The van der Waals surface area contributed by atoms with Gasteiger partial charge in [0.05, 0.1) is 60.0 Å². The van der Waals surface area contributed by atoms with E-state index in [1.807, 2.05) is 6.07 Å². The molecule has 5 atom stereocenters. The molecule has 4 aliphatic rings. The number of fused-ring (bicyclic) bond motifs is 3. The molecule has 66 heavy (non-hydrogen) atoms. The third-order valence-electron chi connectivity index (χ3n) is 13.2. The SMILES string of the molecule is CC1CN(c2nc(SCCc3cc(F)cc(CC4(C)Cc5c(C#N)c(SCCc6c[nH]c7ccccc67)nc(N6CC(C)OC(C)C6)c5CO4)c3)c(C#N)c3c2COC(C)(C)C3)CC(C)O1. The van der Waals surface area contributed by atoms with Crippen LogP contribution in [0.5, 0.6) is 0 Å². The van der Waals surface area contributed by atoms with Crippen LogP contribution in [-0.2, 0) is 64.3 Å². The molecule has 0 bridgehead atoms. The van der Waals surface area contributed by atoms with E-state index in [0.717, 1.165) is 67.7 Å². The Labute approximate surface area is 396 Å². The Balaban J connectivity index is 0.950. The van der Waals surface area contributed by atoms with Gasteiger partial charge in [0, 0.05) is 85.2 Å². The second-order valence-corrected chi connectivity index (χ2v) is 21.7. The number of hydrogen-bond acceptors (Lipinski definition) is 12. The molecular formula is C52H60FN7O4S2. The quantitative estimate of drug-likeness (QED) is 0.120. The van der Waals surface area contributed by atoms with Crippen molar-refractivity contribution in [3.8, 4) is 12.1 Å². The van der Waals surface area contributed by atoms with E-state index in [9.17, 15) is 10.5 Å². The zero-order valence-corrected chi connectivity index (χ0v) is 40.8. The summed E-state index contributed by atoms with van der Waals surface area (Å²) in [5.74, 6) is 2.80. The molecule has 0 amide bonds. The highest BCUT2D eigenvalue weighted by molar-refractivity contribution is 7.99. The molecule has 9 rings (SSSR count). The lowest BCUT2D eigenvalue weighted by Gasteiger charge is -2.41. The highest BCUT2D eigenvalue weighted by Crippen LogP contribution is 2.42. The van der Waals surface area contributed by atoms with Crippen LogP contribution in [0.4, 0.5) is 16.0 Å². The van der Waals surface area contributed by atoms with Gasteiger partial charge in [0.25, 0.3) is 0 Å². The summed E-state index contributed by atoms with van der Waals surface area (Å²) in [4.78, 5) is 18.4. The predicted octanol–water partition coefficient (Wildman–Crippen LogP) is 9.66. The van der Waals surface area contributed by atoms with E-state index in [0.29, 0.717) is 87.0 Å². The van der Waals surface area contributed by atoms with E-state index in [4.69, 9.17) is 28.9 Å². The van der Waals surface area contributed by atoms with Crippen molar-refractivity contribution < 1.29 is 23.3 Å². The number of benzene rings is 2.